The SMILES string of the molecule is O=C(Nc1cccnc1)C1(c2ccccc2)CCNCC1. The molecule has 4 heteroatoms. The number of carbonyl (C=O) groups is 1. The number of amides is 1. The predicted octanol–water partition coefficient (Wildman–Crippen LogP) is 2.34. The Morgan fingerprint density at radius 3 is 2.52 bits per heavy atom. The second-order valence-corrected chi connectivity index (χ2v) is 5.39. The number of hydrogen-bond acceptors (Lipinski definition) is 3. The van der Waals surface area contributed by atoms with E-state index in [1.807, 2.05) is 42.5 Å². The minimum absolute atomic E-state index is 0.0585. The fourth-order valence-electron chi connectivity index (χ4n) is 2.95. The molecule has 1 aromatic heterocycles. The quantitative estimate of drug-likeness (QED) is 0.908. The van der Waals surface area contributed by atoms with Gasteiger partial charge in [-0.15, -0.1) is 0 Å². The van der Waals surface area contributed by atoms with Crippen molar-refractivity contribution in [3.63, 3.8) is 0 Å². The first-order valence-electron chi connectivity index (χ1n) is 7.29. The van der Waals surface area contributed by atoms with E-state index in [2.05, 4.69) is 15.6 Å². The lowest BCUT2D eigenvalue weighted by Gasteiger charge is -2.36. The zero-order valence-electron chi connectivity index (χ0n) is 11.9. The average Bonchev–Trinajstić information content (AvgIpc) is 2.57. The van der Waals surface area contributed by atoms with Crippen molar-refractivity contribution in [3.05, 3.63) is 60.4 Å². The molecule has 2 aromatic rings. The summed E-state index contributed by atoms with van der Waals surface area (Å²) in [7, 11) is 0. The molecule has 1 amide bonds. The van der Waals surface area contributed by atoms with Crippen LogP contribution in [0.1, 0.15) is 18.4 Å². The summed E-state index contributed by atoms with van der Waals surface area (Å²) in [5.41, 5.74) is 1.38. The topological polar surface area (TPSA) is 54.0 Å². The zero-order chi connectivity index (χ0) is 14.5. The Bertz CT molecular complexity index is 592. The molecule has 2 N–H and O–H groups in total. The number of rotatable bonds is 3. The van der Waals surface area contributed by atoms with Crippen molar-refractivity contribution in [2.45, 2.75) is 18.3 Å². The molecule has 2 heterocycles. The van der Waals surface area contributed by atoms with E-state index in [1.54, 1.807) is 12.4 Å². The Morgan fingerprint density at radius 2 is 1.86 bits per heavy atom. The minimum atomic E-state index is -0.456. The Morgan fingerprint density at radius 1 is 1.10 bits per heavy atom. The van der Waals surface area contributed by atoms with Gasteiger partial charge in [-0.2, -0.15) is 0 Å². The molecule has 108 valence electrons. The van der Waals surface area contributed by atoms with Crippen molar-refractivity contribution in [2.75, 3.05) is 18.4 Å². The molecular weight excluding hydrogens is 262 g/mol. The van der Waals surface area contributed by atoms with Crippen LogP contribution in [0.2, 0.25) is 0 Å². The van der Waals surface area contributed by atoms with E-state index in [4.69, 9.17) is 0 Å². The van der Waals surface area contributed by atoms with Gasteiger partial charge in [-0.25, -0.2) is 0 Å². The normalized spacial score (nSPS) is 17.1. The van der Waals surface area contributed by atoms with Gasteiger partial charge in [-0.05, 0) is 43.6 Å². The van der Waals surface area contributed by atoms with Gasteiger partial charge in [0.2, 0.25) is 5.91 Å². The highest BCUT2D eigenvalue weighted by atomic mass is 16.2. The molecule has 21 heavy (non-hydrogen) atoms. The van der Waals surface area contributed by atoms with Crippen molar-refractivity contribution in [2.24, 2.45) is 0 Å². The number of hydrogen-bond donors (Lipinski definition) is 2. The highest BCUT2D eigenvalue weighted by Crippen LogP contribution is 2.34. The molecule has 1 aliphatic heterocycles. The predicted molar refractivity (Wildman–Crippen MR) is 83.1 cm³/mol. The van der Waals surface area contributed by atoms with Gasteiger partial charge in [0.1, 0.15) is 0 Å². The van der Waals surface area contributed by atoms with Crippen molar-refractivity contribution in [1.29, 1.82) is 0 Å². The average molecular weight is 281 g/mol. The Labute approximate surface area is 124 Å². The smallest absolute Gasteiger partial charge is 0.235 e. The van der Waals surface area contributed by atoms with Crippen LogP contribution in [0, 0.1) is 0 Å². The van der Waals surface area contributed by atoms with Gasteiger partial charge in [0.05, 0.1) is 17.3 Å². The van der Waals surface area contributed by atoms with Crippen molar-refractivity contribution in [3.8, 4) is 0 Å². The molecule has 4 nitrogen and oxygen atoms in total. The third-order valence-corrected chi connectivity index (χ3v) is 4.14. The van der Waals surface area contributed by atoms with Crippen LogP contribution in [0.15, 0.2) is 54.9 Å². The number of anilines is 1. The summed E-state index contributed by atoms with van der Waals surface area (Å²) in [6.07, 6.45) is 5.00. The third kappa shape index (κ3) is 2.81. The fourth-order valence-corrected chi connectivity index (χ4v) is 2.95. The van der Waals surface area contributed by atoms with Crippen LogP contribution < -0.4 is 10.6 Å². The number of nitrogens with zero attached hydrogens (tertiary/aromatic N) is 1. The molecule has 0 radical (unpaired) electrons. The van der Waals surface area contributed by atoms with Gasteiger partial charge >= 0.3 is 0 Å². The fraction of sp³-hybridized carbons (Fsp3) is 0.294. The maximum absolute atomic E-state index is 12.9. The number of benzene rings is 1. The molecule has 3 rings (SSSR count). The molecule has 1 fully saturated rings. The third-order valence-electron chi connectivity index (χ3n) is 4.14. The lowest BCUT2D eigenvalue weighted by atomic mass is 9.72. The number of carbonyl (C=O) groups excluding carboxylic acids is 1. The van der Waals surface area contributed by atoms with Gasteiger partial charge < -0.3 is 10.6 Å². The summed E-state index contributed by atoms with van der Waals surface area (Å²) in [4.78, 5) is 17.0. The number of pyridine rings is 1. The van der Waals surface area contributed by atoms with E-state index in [9.17, 15) is 4.79 Å². The summed E-state index contributed by atoms with van der Waals surface area (Å²) in [5.74, 6) is 0.0585. The van der Waals surface area contributed by atoms with E-state index in [1.165, 1.54) is 0 Å². The summed E-state index contributed by atoms with van der Waals surface area (Å²) in [6.45, 7) is 1.71. The molecule has 0 spiro atoms. The van der Waals surface area contributed by atoms with Crippen LogP contribution in [0.3, 0.4) is 0 Å². The van der Waals surface area contributed by atoms with Crippen LogP contribution in [-0.4, -0.2) is 24.0 Å². The Kier molecular flexibility index (Phi) is 3.97. The molecule has 1 saturated heterocycles. The molecule has 0 saturated carbocycles. The van der Waals surface area contributed by atoms with Gasteiger partial charge in [0, 0.05) is 6.20 Å². The van der Waals surface area contributed by atoms with Crippen LogP contribution >= 0.6 is 0 Å². The number of nitrogens with one attached hydrogen (secondary N) is 2. The second kappa shape index (κ2) is 6.06. The van der Waals surface area contributed by atoms with E-state index in [0.29, 0.717) is 0 Å². The molecular formula is C17H19N3O. The van der Waals surface area contributed by atoms with Gasteiger partial charge in [-0.1, -0.05) is 30.3 Å². The molecule has 0 aliphatic carbocycles. The lowest BCUT2D eigenvalue weighted by molar-refractivity contribution is -0.122. The van der Waals surface area contributed by atoms with Crippen molar-refractivity contribution in [1.82, 2.24) is 10.3 Å². The molecule has 1 aromatic carbocycles. The van der Waals surface area contributed by atoms with Gasteiger partial charge in [0.25, 0.3) is 0 Å². The first kappa shape index (κ1) is 13.8. The van der Waals surface area contributed by atoms with E-state index >= 15 is 0 Å². The zero-order valence-corrected chi connectivity index (χ0v) is 11.9. The monoisotopic (exact) mass is 281 g/mol. The van der Waals surface area contributed by atoms with Gasteiger partial charge in [-0.3, -0.25) is 9.78 Å². The second-order valence-electron chi connectivity index (χ2n) is 5.39. The molecule has 1 aliphatic rings. The van der Waals surface area contributed by atoms with Crippen molar-refractivity contribution < 1.29 is 4.79 Å². The molecule has 0 bridgehead atoms. The summed E-state index contributed by atoms with van der Waals surface area (Å²) in [6, 6.07) is 13.8. The van der Waals surface area contributed by atoms with E-state index < -0.39 is 5.41 Å². The first-order valence-corrected chi connectivity index (χ1v) is 7.29. The van der Waals surface area contributed by atoms with Crippen LogP contribution in [0.4, 0.5) is 5.69 Å². The van der Waals surface area contributed by atoms with Crippen LogP contribution in [0.5, 0.6) is 0 Å². The maximum Gasteiger partial charge on any atom is 0.235 e. The van der Waals surface area contributed by atoms with E-state index in [0.717, 1.165) is 37.2 Å². The number of piperidine rings is 1. The first-order chi connectivity index (χ1) is 10.3. The molecule has 0 atom stereocenters. The summed E-state index contributed by atoms with van der Waals surface area (Å²) < 4.78 is 0. The van der Waals surface area contributed by atoms with Crippen LogP contribution in [0.25, 0.3) is 0 Å². The van der Waals surface area contributed by atoms with Crippen LogP contribution in [-0.2, 0) is 10.2 Å². The van der Waals surface area contributed by atoms with Crippen molar-refractivity contribution >= 4 is 11.6 Å². The van der Waals surface area contributed by atoms with E-state index in [-0.39, 0.29) is 5.91 Å². The number of aromatic nitrogens is 1. The summed E-state index contributed by atoms with van der Waals surface area (Å²) >= 11 is 0. The largest absolute Gasteiger partial charge is 0.324 e. The minimum Gasteiger partial charge on any atom is -0.324 e. The standard InChI is InChI=1S/C17H19N3O/c21-16(20-15-7-4-10-19-13-15)17(8-11-18-12-9-17)14-5-2-1-3-6-14/h1-7,10,13,18H,8-9,11-12H2,(H,20,21). The molecule has 0 unspecified atom stereocenters. The Hall–Kier alpha value is -2.20. The maximum atomic E-state index is 12.9. The van der Waals surface area contributed by atoms with Gasteiger partial charge in [0.15, 0.2) is 0 Å². The lowest BCUT2D eigenvalue weighted by Crippen LogP contribution is -2.48. The Balaban J connectivity index is 1.90. The highest BCUT2D eigenvalue weighted by Gasteiger charge is 2.41. The summed E-state index contributed by atoms with van der Waals surface area (Å²) in [5, 5.41) is 6.36. The highest BCUT2D eigenvalue weighted by molar-refractivity contribution is 5.99.